The van der Waals surface area contributed by atoms with Crippen LogP contribution in [0.1, 0.15) is 91.9 Å². The number of aliphatic hydroxyl groups excluding tert-OH is 1. The third kappa shape index (κ3) is 3.90. The maximum Gasteiger partial charge on any atom is 0.246 e. The largest absolute Gasteiger partial charge is 0.393 e. The minimum absolute atomic E-state index is 0.120. The minimum Gasteiger partial charge on any atom is -0.393 e. The molecule has 3 saturated carbocycles. The predicted octanol–water partition coefficient (Wildman–Crippen LogP) is 5.75. The van der Waals surface area contributed by atoms with Gasteiger partial charge in [0.1, 0.15) is 0 Å². The van der Waals surface area contributed by atoms with E-state index in [2.05, 4.69) is 26.8 Å². The zero-order chi connectivity index (χ0) is 22.4. The van der Waals surface area contributed by atoms with Crippen LogP contribution in [-0.2, 0) is 9.63 Å². The molecule has 0 spiro atoms. The van der Waals surface area contributed by atoms with Crippen LogP contribution in [-0.4, -0.2) is 35.8 Å². The second-order valence-electron chi connectivity index (χ2n) is 11.7. The lowest BCUT2D eigenvalue weighted by Gasteiger charge is -2.58. The standard InChI is InChI=1S/C27H45NO3/c1-6-28(31-5)25(30)12-7-18(2)22-10-11-23-21-9-8-19-17-20(29)13-15-26(19,3)24(21)14-16-27(22,23)4/h8,18,20-24,29H,6-7,9-17H2,1-5H3/t18?,20-,21-,22+,23-,24-,26-,27+/m0/s1. The van der Waals surface area contributed by atoms with Crippen LogP contribution in [0.2, 0.25) is 0 Å². The summed E-state index contributed by atoms with van der Waals surface area (Å²) in [5.41, 5.74) is 2.31. The SMILES string of the molecule is CCN(OC)C(=O)CCC(C)[C@H]1CC[C@H]2[C@@H]3CC=C4C[C@@H](O)CC[C@]4(C)[C@H]3CC[C@]12C. The zero-order valence-electron chi connectivity index (χ0n) is 20.5. The molecule has 0 heterocycles. The van der Waals surface area contributed by atoms with Crippen molar-refractivity contribution in [3.8, 4) is 0 Å². The molecule has 4 rings (SSSR count). The molecule has 0 aliphatic heterocycles. The number of nitrogens with zero attached hydrogens (tertiary/aromatic N) is 1. The van der Waals surface area contributed by atoms with E-state index in [-0.39, 0.29) is 12.0 Å². The summed E-state index contributed by atoms with van der Waals surface area (Å²) in [4.78, 5) is 17.7. The highest BCUT2D eigenvalue weighted by atomic mass is 16.7. The molecule has 176 valence electrons. The van der Waals surface area contributed by atoms with E-state index in [1.807, 2.05) is 6.92 Å². The van der Waals surface area contributed by atoms with Crippen LogP contribution < -0.4 is 0 Å². The average Bonchev–Trinajstić information content (AvgIpc) is 3.10. The first kappa shape index (κ1) is 23.3. The second kappa shape index (κ2) is 8.82. The Kier molecular flexibility index (Phi) is 6.63. The monoisotopic (exact) mass is 431 g/mol. The van der Waals surface area contributed by atoms with Gasteiger partial charge in [-0.15, -0.1) is 0 Å². The smallest absolute Gasteiger partial charge is 0.246 e. The summed E-state index contributed by atoms with van der Waals surface area (Å²) in [6, 6.07) is 0. The van der Waals surface area contributed by atoms with Crippen LogP contribution >= 0.6 is 0 Å². The zero-order valence-corrected chi connectivity index (χ0v) is 20.5. The van der Waals surface area contributed by atoms with Gasteiger partial charge in [0, 0.05) is 13.0 Å². The van der Waals surface area contributed by atoms with Gasteiger partial charge in [0.25, 0.3) is 0 Å². The number of rotatable bonds is 6. The van der Waals surface area contributed by atoms with E-state index in [0.717, 1.165) is 42.9 Å². The Balaban J connectivity index is 1.45. The Labute approximate surface area is 189 Å². The van der Waals surface area contributed by atoms with Crippen molar-refractivity contribution in [2.24, 2.45) is 40.4 Å². The third-order valence-corrected chi connectivity index (χ3v) is 10.4. The molecule has 4 nitrogen and oxygen atoms in total. The van der Waals surface area contributed by atoms with Crippen molar-refractivity contribution >= 4 is 5.91 Å². The van der Waals surface area contributed by atoms with Crippen LogP contribution in [0.25, 0.3) is 0 Å². The number of hydrogen-bond acceptors (Lipinski definition) is 3. The summed E-state index contributed by atoms with van der Waals surface area (Å²) in [5, 5.41) is 11.7. The number of allylic oxidation sites excluding steroid dienone is 1. The summed E-state index contributed by atoms with van der Waals surface area (Å²) in [6.07, 6.45) is 13.6. The number of amides is 1. The molecule has 31 heavy (non-hydrogen) atoms. The Morgan fingerprint density at radius 1 is 1.23 bits per heavy atom. The molecular weight excluding hydrogens is 386 g/mol. The molecule has 4 heteroatoms. The van der Waals surface area contributed by atoms with Crippen molar-refractivity contribution in [2.75, 3.05) is 13.7 Å². The lowest BCUT2D eigenvalue weighted by atomic mass is 9.47. The van der Waals surface area contributed by atoms with Crippen molar-refractivity contribution in [1.82, 2.24) is 5.06 Å². The lowest BCUT2D eigenvalue weighted by Crippen LogP contribution is -2.50. The van der Waals surface area contributed by atoms with Crippen molar-refractivity contribution in [3.63, 3.8) is 0 Å². The Bertz CT molecular complexity index is 701. The van der Waals surface area contributed by atoms with Gasteiger partial charge < -0.3 is 5.11 Å². The van der Waals surface area contributed by atoms with Gasteiger partial charge >= 0.3 is 0 Å². The van der Waals surface area contributed by atoms with E-state index in [1.54, 1.807) is 12.7 Å². The molecule has 8 atom stereocenters. The maximum atomic E-state index is 12.4. The van der Waals surface area contributed by atoms with E-state index < -0.39 is 0 Å². The second-order valence-corrected chi connectivity index (χ2v) is 11.7. The van der Waals surface area contributed by atoms with E-state index >= 15 is 0 Å². The highest BCUT2D eigenvalue weighted by Crippen LogP contribution is 2.67. The molecule has 4 aliphatic rings. The quantitative estimate of drug-likeness (QED) is 0.430. The average molecular weight is 432 g/mol. The summed E-state index contributed by atoms with van der Waals surface area (Å²) in [5.74, 6) is 3.87. The molecular formula is C27H45NO3. The topological polar surface area (TPSA) is 49.8 Å². The van der Waals surface area contributed by atoms with Gasteiger partial charge in [-0.25, -0.2) is 5.06 Å². The number of fused-ring (bicyclic) bond motifs is 5. The van der Waals surface area contributed by atoms with Gasteiger partial charge in [0.05, 0.1) is 13.2 Å². The van der Waals surface area contributed by atoms with Crippen molar-refractivity contribution in [3.05, 3.63) is 11.6 Å². The third-order valence-electron chi connectivity index (χ3n) is 10.4. The normalized spacial score (nSPS) is 42.8. The first-order valence-corrected chi connectivity index (χ1v) is 13.0. The molecule has 0 aromatic heterocycles. The number of carbonyl (C=O) groups excluding carboxylic acids is 1. The van der Waals surface area contributed by atoms with Gasteiger partial charge in [0.15, 0.2) is 0 Å². The molecule has 1 amide bonds. The van der Waals surface area contributed by atoms with E-state index in [1.165, 1.54) is 43.6 Å². The Morgan fingerprint density at radius 2 is 2.00 bits per heavy atom. The van der Waals surface area contributed by atoms with Crippen LogP contribution in [0.15, 0.2) is 11.6 Å². The maximum absolute atomic E-state index is 12.4. The highest BCUT2D eigenvalue weighted by Gasteiger charge is 2.59. The van der Waals surface area contributed by atoms with E-state index in [9.17, 15) is 9.90 Å². The molecule has 0 aromatic carbocycles. The van der Waals surface area contributed by atoms with E-state index in [4.69, 9.17) is 4.84 Å². The summed E-state index contributed by atoms with van der Waals surface area (Å²) in [7, 11) is 1.59. The summed E-state index contributed by atoms with van der Waals surface area (Å²) >= 11 is 0. The lowest BCUT2D eigenvalue weighted by molar-refractivity contribution is -0.175. The fourth-order valence-electron chi connectivity index (χ4n) is 8.70. The van der Waals surface area contributed by atoms with Crippen LogP contribution in [0.5, 0.6) is 0 Å². The fourth-order valence-corrected chi connectivity index (χ4v) is 8.70. The van der Waals surface area contributed by atoms with Gasteiger partial charge in [-0.3, -0.25) is 9.63 Å². The Hall–Kier alpha value is -0.870. The van der Waals surface area contributed by atoms with Gasteiger partial charge in [0.2, 0.25) is 5.91 Å². The summed E-state index contributed by atoms with van der Waals surface area (Å²) < 4.78 is 0. The fraction of sp³-hybridized carbons (Fsp3) is 0.889. The van der Waals surface area contributed by atoms with Gasteiger partial charge in [-0.1, -0.05) is 32.4 Å². The van der Waals surface area contributed by atoms with Crippen LogP contribution in [0, 0.1) is 40.4 Å². The van der Waals surface area contributed by atoms with Crippen molar-refractivity contribution in [1.29, 1.82) is 0 Å². The molecule has 0 radical (unpaired) electrons. The molecule has 4 aliphatic carbocycles. The highest BCUT2D eigenvalue weighted by molar-refractivity contribution is 5.74. The molecule has 0 saturated heterocycles. The first-order valence-electron chi connectivity index (χ1n) is 13.0. The number of hydroxylamine groups is 2. The summed E-state index contributed by atoms with van der Waals surface area (Å²) in [6.45, 7) is 10.1. The molecule has 1 N–H and O–H groups in total. The van der Waals surface area contributed by atoms with Gasteiger partial charge in [-0.2, -0.15) is 0 Å². The number of aliphatic hydroxyl groups is 1. The van der Waals surface area contributed by atoms with Crippen LogP contribution in [0.4, 0.5) is 0 Å². The number of hydrogen-bond donors (Lipinski definition) is 1. The number of carbonyl (C=O) groups is 1. The minimum atomic E-state index is -0.120. The molecule has 0 bridgehead atoms. The van der Waals surface area contributed by atoms with Crippen molar-refractivity contribution < 1.29 is 14.7 Å². The van der Waals surface area contributed by atoms with Crippen LogP contribution in [0.3, 0.4) is 0 Å². The van der Waals surface area contributed by atoms with E-state index in [0.29, 0.717) is 29.7 Å². The predicted molar refractivity (Wildman–Crippen MR) is 124 cm³/mol. The molecule has 1 unspecified atom stereocenters. The first-order chi connectivity index (χ1) is 14.7. The van der Waals surface area contributed by atoms with Gasteiger partial charge in [-0.05, 0) is 105 Å². The Morgan fingerprint density at radius 3 is 2.71 bits per heavy atom. The molecule has 0 aromatic rings. The molecule has 3 fully saturated rings. The van der Waals surface area contributed by atoms with Crippen molar-refractivity contribution in [2.45, 2.75) is 98.0 Å².